The number of rotatable bonds is 6. The molecule has 4 nitrogen and oxygen atoms in total. The van der Waals surface area contributed by atoms with Crippen LogP contribution < -0.4 is 11.1 Å². The number of nitrogens with one attached hydrogen (secondary N) is 1. The molecule has 3 N–H and O–H groups in total. The van der Waals surface area contributed by atoms with E-state index in [1.165, 1.54) is 0 Å². The van der Waals surface area contributed by atoms with Crippen LogP contribution in [0.4, 0.5) is 14.6 Å². The van der Waals surface area contributed by atoms with Crippen molar-refractivity contribution >= 4 is 5.82 Å². The van der Waals surface area contributed by atoms with Gasteiger partial charge in [0.25, 0.3) is 0 Å². The molecule has 0 radical (unpaired) electrons. The molecule has 1 heterocycles. The van der Waals surface area contributed by atoms with Gasteiger partial charge in [-0.25, -0.2) is 13.8 Å². The molecule has 90 valence electrons. The molecule has 1 aromatic heterocycles. The van der Waals surface area contributed by atoms with Gasteiger partial charge in [0.1, 0.15) is 5.82 Å². The zero-order valence-corrected chi connectivity index (χ0v) is 9.04. The van der Waals surface area contributed by atoms with E-state index in [0.717, 1.165) is 12.3 Å². The second-order valence-electron chi connectivity index (χ2n) is 3.36. The summed E-state index contributed by atoms with van der Waals surface area (Å²) in [5.74, 6) is -1.42. The van der Waals surface area contributed by atoms with Crippen molar-refractivity contribution in [2.75, 3.05) is 25.6 Å². The van der Waals surface area contributed by atoms with Crippen molar-refractivity contribution in [3.63, 3.8) is 0 Å². The molecule has 16 heavy (non-hydrogen) atoms. The maximum atomic E-state index is 13.3. The minimum Gasteiger partial charge on any atom is -0.383 e. The van der Waals surface area contributed by atoms with Crippen molar-refractivity contribution in [2.24, 2.45) is 5.73 Å². The summed E-state index contributed by atoms with van der Waals surface area (Å²) in [6.07, 6.45) is 1.57. The highest BCUT2D eigenvalue weighted by Gasteiger charge is 2.11. The molecule has 1 rings (SSSR count). The van der Waals surface area contributed by atoms with E-state index < -0.39 is 11.6 Å². The number of ether oxygens (including phenoxy) is 1. The van der Waals surface area contributed by atoms with Gasteiger partial charge in [0.2, 0.25) is 0 Å². The molecule has 0 amide bonds. The van der Waals surface area contributed by atoms with Gasteiger partial charge in [-0.3, -0.25) is 0 Å². The summed E-state index contributed by atoms with van der Waals surface area (Å²) in [6.45, 7) is 0.833. The third-order valence-electron chi connectivity index (χ3n) is 2.03. The minimum atomic E-state index is -0.724. The molecule has 0 aliphatic rings. The second kappa shape index (κ2) is 6.34. The number of nitrogens with two attached hydrogens (primary N) is 1. The lowest BCUT2D eigenvalue weighted by Crippen LogP contribution is -2.28. The molecule has 0 aliphatic carbocycles. The molecule has 1 atom stereocenters. The third-order valence-corrected chi connectivity index (χ3v) is 2.03. The fourth-order valence-corrected chi connectivity index (χ4v) is 1.31. The highest BCUT2D eigenvalue weighted by molar-refractivity contribution is 5.36. The zero-order chi connectivity index (χ0) is 12.0. The van der Waals surface area contributed by atoms with Crippen LogP contribution in [-0.2, 0) is 4.74 Å². The summed E-state index contributed by atoms with van der Waals surface area (Å²) >= 11 is 0. The van der Waals surface area contributed by atoms with Crippen LogP contribution in [0.1, 0.15) is 6.42 Å². The quantitative estimate of drug-likeness (QED) is 0.770. The van der Waals surface area contributed by atoms with Gasteiger partial charge in [-0.05, 0) is 13.0 Å². The largest absolute Gasteiger partial charge is 0.383 e. The van der Waals surface area contributed by atoms with E-state index in [1.54, 1.807) is 7.11 Å². The molecule has 1 aromatic rings. The lowest BCUT2D eigenvalue weighted by molar-refractivity contribution is 0.183. The Balaban J connectivity index is 2.68. The van der Waals surface area contributed by atoms with Gasteiger partial charge in [0.15, 0.2) is 11.6 Å². The Kier molecular flexibility index (Phi) is 5.07. The molecule has 0 saturated heterocycles. The van der Waals surface area contributed by atoms with Gasteiger partial charge in [-0.15, -0.1) is 0 Å². The standard InChI is InChI=1S/C10H15F2N3O/c1-16-6-8(2-3-13)15-10-9(12)4-7(11)5-14-10/h4-5,8H,2-3,6,13H2,1H3,(H,14,15). The maximum absolute atomic E-state index is 13.3. The first-order valence-corrected chi connectivity index (χ1v) is 4.94. The third kappa shape index (κ3) is 3.71. The van der Waals surface area contributed by atoms with Crippen molar-refractivity contribution in [3.05, 3.63) is 23.9 Å². The Morgan fingerprint density at radius 1 is 1.56 bits per heavy atom. The molecule has 0 bridgehead atoms. The fourth-order valence-electron chi connectivity index (χ4n) is 1.31. The number of pyridine rings is 1. The number of aromatic nitrogens is 1. The van der Waals surface area contributed by atoms with Crippen molar-refractivity contribution in [1.82, 2.24) is 4.98 Å². The number of hydrogen-bond donors (Lipinski definition) is 2. The summed E-state index contributed by atoms with van der Waals surface area (Å²) in [4.78, 5) is 3.62. The van der Waals surface area contributed by atoms with Crippen molar-refractivity contribution < 1.29 is 13.5 Å². The van der Waals surface area contributed by atoms with Gasteiger partial charge in [-0.1, -0.05) is 0 Å². The minimum absolute atomic E-state index is 0.0110. The average molecular weight is 231 g/mol. The number of nitrogens with zero attached hydrogens (tertiary/aromatic N) is 1. The van der Waals surface area contributed by atoms with Crippen LogP contribution in [0, 0.1) is 11.6 Å². The maximum Gasteiger partial charge on any atom is 0.168 e. The van der Waals surface area contributed by atoms with E-state index in [-0.39, 0.29) is 11.9 Å². The normalized spacial score (nSPS) is 12.5. The molecular weight excluding hydrogens is 216 g/mol. The van der Waals surface area contributed by atoms with E-state index in [9.17, 15) is 8.78 Å². The monoisotopic (exact) mass is 231 g/mol. The van der Waals surface area contributed by atoms with Crippen LogP contribution in [-0.4, -0.2) is 31.3 Å². The molecule has 0 aliphatic heterocycles. The lowest BCUT2D eigenvalue weighted by atomic mass is 10.2. The summed E-state index contributed by atoms with van der Waals surface area (Å²) in [5, 5.41) is 2.82. The molecule has 0 fully saturated rings. The Bertz CT molecular complexity index is 330. The van der Waals surface area contributed by atoms with Crippen LogP contribution in [0.25, 0.3) is 0 Å². The van der Waals surface area contributed by atoms with E-state index in [4.69, 9.17) is 10.5 Å². The predicted molar refractivity (Wildman–Crippen MR) is 57.1 cm³/mol. The summed E-state index contributed by atoms with van der Waals surface area (Å²) in [5.41, 5.74) is 5.41. The van der Waals surface area contributed by atoms with Gasteiger partial charge < -0.3 is 15.8 Å². The number of anilines is 1. The Hall–Kier alpha value is -1.27. The first kappa shape index (κ1) is 12.8. The van der Waals surface area contributed by atoms with E-state index >= 15 is 0 Å². The Labute approximate surface area is 92.8 Å². The Morgan fingerprint density at radius 2 is 2.31 bits per heavy atom. The van der Waals surface area contributed by atoms with Crippen LogP contribution in [0.2, 0.25) is 0 Å². The van der Waals surface area contributed by atoms with Crippen LogP contribution in [0.5, 0.6) is 0 Å². The molecular formula is C10H15F2N3O. The van der Waals surface area contributed by atoms with Crippen LogP contribution >= 0.6 is 0 Å². The zero-order valence-electron chi connectivity index (χ0n) is 9.04. The fraction of sp³-hybridized carbons (Fsp3) is 0.500. The first-order chi connectivity index (χ1) is 7.67. The number of hydrogen-bond acceptors (Lipinski definition) is 4. The summed E-state index contributed by atoms with van der Waals surface area (Å²) in [7, 11) is 1.54. The van der Waals surface area contributed by atoms with Gasteiger partial charge in [0, 0.05) is 13.2 Å². The van der Waals surface area contributed by atoms with Crippen molar-refractivity contribution in [2.45, 2.75) is 12.5 Å². The van der Waals surface area contributed by atoms with E-state index in [1.807, 2.05) is 0 Å². The molecule has 1 unspecified atom stereocenters. The lowest BCUT2D eigenvalue weighted by Gasteiger charge is -2.17. The summed E-state index contributed by atoms with van der Waals surface area (Å²) in [6, 6.07) is 0.643. The first-order valence-electron chi connectivity index (χ1n) is 4.94. The van der Waals surface area contributed by atoms with Crippen molar-refractivity contribution in [3.8, 4) is 0 Å². The molecule has 0 spiro atoms. The van der Waals surface area contributed by atoms with Crippen molar-refractivity contribution in [1.29, 1.82) is 0 Å². The van der Waals surface area contributed by atoms with Crippen LogP contribution in [0.3, 0.4) is 0 Å². The summed E-state index contributed by atoms with van der Waals surface area (Å²) < 4.78 is 30.8. The van der Waals surface area contributed by atoms with Gasteiger partial charge >= 0.3 is 0 Å². The molecule has 0 saturated carbocycles. The smallest absolute Gasteiger partial charge is 0.168 e. The van der Waals surface area contributed by atoms with Crippen LogP contribution in [0.15, 0.2) is 12.3 Å². The number of halogens is 2. The SMILES string of the molecule is COCC(CCN)Nc1ncc(F)cc1F. The highest BCUT2D eigenvalue weighted by atomic mass is 19.1. The number of methoxy groups -OCH3 is 1. The highest BCUT2D eigenvalue weighted by Crippen LogP contribution is 2.13. The topological polar surface area (TPSA) is 60.2 Å². The second-order valence-corrected chi connectivity index (χ2v) is 3.36. The molecule has 0 aromatic carbocycles. The van der Waals surface area contributed by atoms with E-state index in [0.29, 0.717) is 19.6 Å². The average Bonchev–Trinajstić information content (AvgIpc) is 2.23. The predicted octanol–water partition coefficient (Wildman–Crippen LogP) is 1.14. The molecule has 6 heteroatoms. The van der Waals surface area contributed by atoms with Gasteiger partial charge in [0.05, 0.1) is 18.8 Å². The van der Waals surface area contributed by atoms with Gasteiger partial charge in [-0.2, -0.15) is 0 Å². The van der Waals surface area contributed by atoms with E-state index in [2.05, 4.69) is 10.3 Å². The Morgan fingerprint density at radius 3 is 2.88 bits per heavy atom.